The lowest BCUT2D eigenvalue weighted by Gasteiger charge is -2.33. The maximum Gasteiger partial charge on any atom is 0.243 e. The molecule has 9 heteroatoms. The number of hydrogen-bond donors (Lipinski definition) is 1. The molecule has 1 fully saturated rings. The molecule has 0 saturated heterocycles. The van der Waals surface area contributed by atoms with Gasteiger partial charge in [0, 0.05) is 16.2 Å². The number of methoxy groups -OCH3 is 1. The van der Waals surface area contributed by atoms with Crippen LogP contribution in [0, 0.1) is 0 Å². The molecular weight excluding hydrogens is 492 g/mol. The number of nitrogens with one attached hydrogen (secondary N) is 1. The molecule has 0 atom stereocenters. The summed E-state index contributed by atoms with van der Waals surface area (Å²) in [5.41, 5.74) is 0.608. The highest BCUT2D eigenvalue weighted by atomic mass is 79.9. The van der Waals surface area contributed by atoms with Crippen LogP contribution in [-0.2, 0) is 14.8 Å². The second-order valence-electron chi connectivity index (χ2n) is 7.19. The first-order chi connectivity index (χ1) is 14.3. The van der Waals surface area contributed by atoms with Gasteiger partial charge in [0.1, 0.15) is 5.75 Å². The molecule has 0 radical (unpaired) electrons. The van der Waals surface area contributed by atoms with E-state index in [1.807, 2.05) is 12.1 Å². The lowest BCUT2D eigenvalue weighted by molar-refractivity contribution is -0.116. The van der Waals surface area contributed by atoms with Crippen molar-refractivity contribution in [3.63, 3.8) is 0 Å². The average molecular weight is 516 g/mol. The maximum atomic E-state index is 13.5. The van der Waals surface area contributed by atoms with E-state index in [2.05, 4.69) is 21.2 Å². The third-order valence-electron chi connectivity index (χ3n) is 5.14. The summed E-state index contributed by atoms with van der Waals surface area (Å²) in [5.74, 6) is 0.0129. The third-order valence-corrected chi connectivity index (χ3v) is 7.86. The first-order valence-corrected chi connectivity index (χ1v) is 12.3. The van der Waals surface area contributed by atoms with Crippen molar-refractivity contribution in [3.8, 4) is 5.75 Å². The molecule has 0 aromatic heterocycles. The molecular formula is C21H24BrClN2O4S. The van der Waals surface area contributed by atoms with Crippen molar-refractivity contribution in [3.05, 3.63) is 52.0 Å². The van der Waals surface area contributed by atoms with Crippen LogP contribution < -0.4 is 10.1 Å². The number of sulfonamides is 1. The molecule has 0 heterocycles. The third kappa shape index (κ3) is 5.55. The Labute approximate surface area is 190 Å². The Morgan fingerprint density at radius 1 is 1.17 bits per heavy atom. The lowest BCUT2D eigenvalue weighted by Crippen LogP contribution is -2.45. The predicted octanol–water partition coefficient (Wildman–Crippen LogP) is 5.07. The number of carbonyl (C=O) groups excluding carboxylic acids is 1. The molecule has 2 aromatic rings. The fourth-order valence-electron chi connectivity index (χ4n) is 3.60. The van der Waals surface area contributed by atoms with Gasteiger partial charge in [-0.2, -0.15) is 4.31 Å². The molecule has 1 saturated carbocycles. The number of amides is 1. The molecule has 3 rings (SSSR count). The van der Waals surface area contributed by atoms with Gasteiger partial charge in [0.2, 0.25) is 15.9 Å². The summed E-state index contributed by atoms with van der Waals surface area (Å²) >= 11 is 9.51. The Bertz CT molecular complexity index is 993. The first-order valence-electron chi connectivity index (χ1n) is 9.72. The molecule has 0 bridgehead atoms. The van der Waals surface area contributed by atoms with Crippen molar-refractivity contribution in [2.75, 3.05) is 19.0 Å². The zero-order chi connectivity index (χ0) is 21.7. The van der Waals surface area contributed by atoms with E-state index in [4.69, 9.17) is 16.3 Å². The normalized spacial score (nSPS) is 15.2. The van der Waals surface area contributed by atoms with Gasteiger partial charge in [-0.1, -0.05) is 46.8 Å². The quantitative estimate of drug-likeness (QED) is 0.558. The van der Waals surface area contributed by atoms with Crippen LogP contribution >= 0.6 is 27.5 Å². The number of ether oxygens (including phenoxy) is 1. The summed E-state index contributed by atoms with van der Waals surface area (Å²) < 4.78 is 34.2. The zero-order valence-corrected chi connectivity index (χ0v) is 19.8. The summed E-state index contributed by atoms with van der Waals surface area (Å²) in [6, 6.07) is 11.3. The molecule has 2 aromatic carbocycles. The second-order valence-corrected chi connectivity index (χ2v) is 10.4. The van der Waals surface area contributed by atoms with E-state index < -0.39 is 10.0 Å². The second kappa shape index (κ2) is 10.1. The van der Waals surface area contributed by atoms with E-state index in [-0.39, 0.29) is 28.4 Å². The Morgan fingerprint density at radius 3 is 2.43 bits per heavy atom. The van der Waals surface area contributed by atoms with Gasteiger partial charge in [0.25, 0.3) is 0 Å². The van der Waals surface area contributed by atoms with E-state index in [9.17, 15) is 13.2 Å². The van der Waals surface area contributed by atoms with Crippen molar-refractivity contribution >= 4 is 49.1 Å². The average Bonchev–Trinajstić information content (AvgIpc) is 2.74. The SMILES string of the molecule is COc1ccc(S(=O)(=O)N(CC(=O)Nc2ccc(Br)cc2)C2CCCCC2)cc1Cl. The number of halogens is 2. The van der Waals surface area contributed by atoms with Crippen molar-refractivity contribution in [2.24, 2.45) is 0 Å². The number of anilines is 1. The maximum absolute atomic E-state index is 13.5. The van der Waals surface area contributed by atoms with E-state index in [1.54, 1.807) is 12.1 Å². The predicted molar refractivity (Wildman–Crippen MR) is 122 cm³/mol. The van der Waals surface area contributed by atoms with Gasteiger partial charge in [-0.05, 0) is 55.3 Å². The number of benzene rings is 2. The molecule has 1 N–H and O–H groups in total. The number of carbonyl (C=O) groups is 1. The van der Waals surface area contributed by atoms with Gasteiger partial charge < -0.3 is 10.1 Å². The van der Waals surface area contributed by atoms with Crippen LogP contribution in [0.25, 0.3) is 0 Å². The Hall–Kier alpha value is -1.61. The monoisotopic (exact) mass is 514 g/mol. The van der Waals surface area contributed by atoms with Gasteiger partial charge in [-0.25, -0.2) is 8.42 Å². The molecule has 0 unspecified atom stereocenters. The van der Waals surface area contributed by atoms with Crippen molar-refractivity contribution in [1.29, 1.82) is 0 Å². The zero-order valence-electron chi connectivity index (χ0n) is 16.6. The van der Waals surface area contributed by atoms with Gasteiger partial charge in [-0.15, -0.1) is 0 Å². The van der Waals surface area contributed by atoms with E-state index >= 15 is 0 Å². The number of hydrogen-bond acceptors (Lipinski definition) is 4. The molecule has 1 amide bonds. The summed E-state index contributed by atoms with van der Waals surface area (Å²) in [7, 11) is -2.45. The molecule has 1 aliphatic rings. The fraction of sp³-hybridized carbons (Fsp3) is 0.381. The summed E-state index contributed by atoms with van der Waals surface area (Å²) in [4.78, 5) is 12.8. The Kier molecular flexibility index (Phi) is 7.79. The van der Waals surface area contributed by atoms with Crippen LogP contribution in [0.5, 0.6) is 5.75 Å². The van der Waals surface area contributed by atoms with Crippen LogP contribution in [-0.4, -0.2) is 38.3 Å². The standard InChI is InChI=1S/C21H24BrClN2O4S/c1-29-20-12-11-18(13-19(20)23)30(27,28)25(17-5-3-2-4-6-17)14-21(26)24-16-9-7-15(22)8-10-16/h7-13,17H,2-6,14H2,1H3,(H,24,26). The number of rotatable bonds is 7. The summed E-state index contributed by atoms with van der Waals surface area (Å²) in [6.45, 7) is -0.257. The number of nitrogens with zero attached hydrogens (tertiary/aromatic N) is 1. The molecule has 30 heavy (non-hydrogen) atoms. The highest BCUT2D eigenvalue weighted by Gasteiger charge is 2.34. The lowest BCUT2D eigenvalue weighted by atomic mass is 9.95. The topological polar surface area (TPSA) is 75.7 Å². The first kappa shape index (κ1) is 23.1. The molecule has 1 aliphatic carbocycles. The van der Waals surface area contributed by atoms with Gasteiger partial charge in [0.05, 0.1) is 23.6 Å². The Morgan fingerprint density at radius 2 is 1.83 bits per heavy atom. The van der Waals surface area contributed by atoms with E-state index in [0.717, 1.165) is 36.6 Å². The largest absolute Gasteiger partial charge is 0.495 e. The van der Waals surface area contributed by atoms with Crippen molar-refractivity contribution in [1.82, 2.24) is 4.31 Å². The van der Waals surface area contributed by atoms with Crippen LogP contribution in [0.1, 0.15) is 32.1 Å². The van der Waals surface area contributed by atoms with E-state index in [0.29, 0.717) is 11.4 Å². The minimum atomic E-state index is -3.92. The highest BCUT2D eigenvalue weighted by molar-refractivity contribution is 9.10. The molecule has 0 aliphatic heterocycles. The van der Waals surface area contributed by atoms with Crippen molar-refractivity contribution < 1.29 is 17.9 Å². The van der Waals surface area contributed by atoms with Crippen molar-refractivity contribution in [2.45, 2.75) is 43.0 Å². The smallest absolute Gasteiger partial charge is 0.243 e. The molecule has 162 valence electrons. The van der Waals surface area contributed by atoms with Crippen LogP contribution in [0.15, 0.2) is 51.8 Å². The fourth-order valence-corrected chi connectivity index (χ4v) is 5.85. The van der Waals surface area contributed by atoms with Gasteiger partial charge >= 0.3 is 0 Å². The van der Waals surface area contributed by atoms with E-state index in [1.165, 1.54) is 29.6 Å². The minimum Gasteiger partial charge on any atom is -0.495 e. The minimum absolute atomic E-state index is 0.0512. The van der Waals surface area contributed by atoms with Gasteiger partial charge in [-0.3, -0.25) is 4.79 Å². The van der Waals surface area contributed by atoms with Gasteiger partial charge in [0.15, 0.2) is 0 Å². The summed E-state index contributed by atoms with van der Waals surface area (Å²) in [6.07, 6.45) is 4.41. The van der Waals surface area contributed by atoms with Crippen LogP contribution in [0.2, 0.25) is 5.02 Å². The Balaban J connectivity index is 1.86. The molecule has 0 spiro atoms. The highest BCUT2D eigenvalue weighted by Crippen LogP contribution is 2.32. The van der Waals surface area contributed by atoms with Crippen LogP contribution in [0.3, 0.4) is 0 Å². The molecule has 6 nitrogen and oxygen atoms in total. The van der Waals surface area contributed by atoms with Crippen LogP contribution in [0.4, 0.5) is 5.69 Å². The summed E-state index contributed by atoms with van der Waals surface area (Å²) in [5, 5.41) is 2.99.